The van der Waals surface area contributed by atoms with E-state index in [0.29, 0.717) is 30.8 Å². The molecule has 0 bridgehead atoms. The molecule has 0 aromatic carbocycles. The van der Waals surface area contributed by atoms with Gasteiger partial charge in [-0.2, -0.15) is 0 Å². The van der Waals surface area contributed by atoms with Crippen LogP contribution >= 0.6 is 0 Å². The second kappa shape index (κ2) is 19.4. The molecule has 0 aromatic heterocycles. The minimum absolute atomic E-state index is 0.229. The monoisotopic (exact) mass is 359 g/mol. The molecular weight excluding hydrogens is 318 g/mol. The number of rotatable bonds is 7. The smallest absolute Gasteiger partial charge is 0.217 e. The van der Waals surface area contributed by atoms with Crippen molar-refractivity contribution in [1.82, 2.24) is 0 Å². The topological polar surface area (TPSA) is 89.6 Å². The Morgan fingerprint density at radius 1 is 1.00 bits per heavy atom. The van der Waals surface area contributed by atoms with Gasteiger partial charge in [0.2, 0.25) is 5.91 Å². The van der Waals surface area contributed by atoms with E-state index < -0.39 is 0 Å². The van der Waals surface area contributed by atoms with Crippen molar-refractivity contribution in [2.75, 3.05) is 13.7 Å². The van der Waals surface area contributed by atoms with Gasteiger partial charge in [-0.05, 0) is 32.1 Å². The minimum atomic E-state index is -0.229. The lowest BCUT2D eigenvalue weighted by molar-refractivity contribution is -0.124. The van der Waals surface area contributed by atoms with Crippen LogP contribution in [-0.4, -0.2) is 36.6 Å². The Morgan fingerprint density at radius 3 is 1.92 bits per heavy atom. The Morgan fingerprint density at radius 2 is 1.56 bits per heavy atom. The number of Topliss-reactive ketones (excluding diaryl/α,β-unsaturated/α-hetero) is 1. The SMILES string of the molecule is CC.CCC(=O)C1CCC1.CO.NC(=O)CCCOC1CCCCC1. The first-order valence-corrected chi connectivity index (χ1v) is 10.0. The van der Waals surface area contributed by atoms with Gasteiger partial charge < -0.3 is 15.6 Å². The summed E-state index contributed by atoms with van der Waals surface area (Å²) >= 11 is 0. The number of amides is 1. The summed E-state index contributed by atoms with van der Waals surface area (Å²) in [6, 6.07) is 0. The van der Waals surface area contributed by atoms with Crippen LogP contribution in [0, 0.1) is 5.92 Å². The number of aliphatic hydroxyl groups excluding tert-OH is 1. The fourth-order valence-electron chi connectivity index (χ4n) is 2.75. The molecule has 0 aliphatic heterocycles. The molecule has 2 fully saturated rings. The van der Waals surface area contributed by atoms with Gasteiger partial charge in [0.15, 0.2) is 0 Å². The van der Waals surface area contributed by atoms with E-state index in [1.54, 1.807) is 0 Å². The van der Waals surface area contributed by atoms with E-state index in [4.69, 9.17) is 15.6 Å². The standard InChI is InChI=1S/C10H19NO2.C7H12O.C2H6.CH4O/c11-10(12)7-4-8-13-9-5-2-1-3-6-9;1-2-7(8)6-4-3-5-6;2*1-2/h9H,1-8H2,(H2,11,12);6H,2-5H2,1H3;1-2H3;2H,1H3. The number of carbonyl (C=O) groups is 2. The van der Waals surface area contributed by atoms with E-state index in [0.717, 1.165) is 32.8 Å². The molecule has 0 spiro atoms. The van der Waals surface area contributed by atoms with Crippen LogP contribution in [0.4, 0.5) is 0 Å². The zero-order valence-electron chi connectivity index (χ0n) is 16.9. The van der Waals surface area contributed by atoms with Gasteiger partial charge in [0.25, 0.3) is 0 Å². The van der Waals surface area contributed by atoms with Gasteiger partial charge in [0.05, 0.1) is 6.10 Å². The molecule has 0 atom stereocenters. The molecule has 2 rings (SSSR count). The molecule has 150 valence electrons. The Bertz CT molecular complexity index is 311. The van der Waals surface area contributed by atoms with Crippen molar-refractivity contribution in [2.24, 2.45) is 11.7 Å². The second-order valence-corrected chi connectivity index (χ2v) is 6.15. The van der Waals surface area contributed by atoms with Crippen LogP contribution in [0.5, 0.6) is 0 Å². The third kappa shape index (κ3) is 15.1. The van der Waals surface area contributed by atoms with Crippen LogP contribution in [0.2, 0.25) is 0 Å². The summed E-state index contributed by atoms with van der Waals surface area (Å²) in [5, 5.41) is 7.00. The molecule has 2 aliphatic rings. The summed E-state index contributed by atoms with van der Waals surface area (Å²) in [6.45, 7) is 6.63. The predicted molar refractivity (Wildman–Crippen MR) is 103 cm³/mol. The first-order valence-electron chi connectivity index (χ1n) is 10.0. The Kier molecular flexibility index (Phi) is 20.4. The van der Waals surface area contributed by atoms with E-state index in [-0.39, 0.29) is 5.91 Å². The Hall–Kier alpha value is -0.940. The maximum absolute atomic E-state index is 10.8. The van der Waals surface area contributed by atoms with Gasteiger partial charge in [-0.1, -0.05) is 46.5 Å². The molecule has 25 heavy (non-hydrogen) atoms. The van der Waals surface area contributed by atoms with Crippen molar-refractivity contribution in [3.05, 3.63) is 0 Å². The van der Waals surface area contributed by atoms with Crippen LogP contribution in [0.25, 0.3) is 0 Å². The number of hydrogen-bond acceptors (Lipinski definition) is 4. The molecule has 2 aliphatic carbocycles. The van der Waals surface area contributed by atoms with E-state index in [1.165, 1.54) is 38.5 Å². The summed E-state index contributed by atoms with van der Waals surface area (Å²) in [4.78, 5) is 21.2. The molecule has 2 saturated carbocycles. The number of carbonyl (C=O) groups excluding carboxylic acids is 2. The number of aliphatic hydroxyl groups is 1. The van der Waals surface area contributed by atoms with Gasteiger partial charge in [0, 0.05) is 32.5 Å². The quantitative estimate of drug-likeness (QED) is 0.672. The highest BCUT2D eigenvalue weighted by molar-refractivity contribution is 5.81. The van der Waals surface area contributed by atoms with Crippen molar-refractivity contribution in [3.8, 4) is 0 Å². The van der Waals surface area contributed by atoms with Crippen molar-refractivity contribution < 1.29 is 19.4 Å². The fraction of sp³-hybridized carbons (Fsp3) is 0.900. The Labute approximate surface area is 154 Å². The first kappa shape index (κ1) is 26.3. The first-order chi connectivity index (χ1) is 12.1. The summed E-state index contributed by atoms with van der Waals surface area (Å²) < 4.78 is 5.63. The van der Waals surface area contributed by atoms with Gasteiger partial charge in [-0.3, -0.25) is 9.59 Å². The molecule has 0 unspecified atom stereocenters. The van der Waals surface area contributed by atoms with Crippen LogP contribution in [0.15, 0.2) is 0 Å². The van der Waals surface area contributed by atoms with Crippen LogP contribution in [0.3, 0.4) is 0 Å². The highest BCUT2D eigenvalue weighted by Gasteiger charge is 2.22. The Balaban J connectivity index is 0. The molecule has 0 radical (unpaired) electrons. The number of primary amides is 1. The van der Waals surface area contributed by atoms with E-state index in [1.807, 2.05) is 20.8 Å². The zero-order chi connectivity index (χ0) is 19.5. The van der Waals surface area contributed by atoms with Crippen LogP contribution in [0.1, 0.15) is 91.4 Å². The molecule has 3 N–H and O–H groups in total. The normalized spacial score (nSPS) is 16.7. The zero-order valence-corrected chi connectivity index (χ0v) is 16.9. The van der Waals surface area contributed by atoms with Crippen molar-refractivity contribution in [1.29, 1.82) is 0 Å². The fourth-order valence-corrected chi connectivity index (χ4v) is 2.75. The lowest BCUT2D eigenvalue weighted by Crippen LogP contribution is -2.20. The minimum Gasteiger partial charge on any atom is -0.400 e. The molecule has 5 heteroatoms. The third-order valence-electron chi connectivity index (χ3n) is 4.38. The number of ketones is 1. The average molecular weight is 360 g/mol. The van der Waals surface area contributed by atoms with E-state index in [9.17, 15) is 9.59 Å². The van der Waals surface area contributed by atoms with E-state index >= 15 is 0 Å². The van der Waals surface area contributed by atoms with Gasteiger partial charge in [-0.15, -0.1) is 0 Å². The van der Waals surface area contributed by atoms with Gasteiger partial charge >= 0.3 is 0 Å². The molecular formula is C20H41NO4. The molecule has 0 aromatic rings. The van der Waals surface area contributed by atoms with Crippen molar-refractivity contribution in [2.45, 2.75) is 97.5 Å². The van der Waals surface area contributed by atoms with Gasteiger partial charge in [0.1, 0.15) is 5.78 Å². The maximum atomic E-state index is 10.8. The van der Waals surface area contributed by atoms with Crippen LogP contribution in [-0.2, 0) is 14.3 Å². The molecule has 0 heterocycles. The van der Waals surface area contributed by atoms with Crippen LogP contribution < -0.4 is 5.73 Å². The molecule has 5 nitrogen and oxygen atoms in total. The number of nitrogens with two attached hydrogens (primary N) is 1. The van der Waals surface area contributed by atoms with E-state index in [2.05, 4.69) is 0 Å². The summed E-state index contributed by atoms with van der Waals surface area (Å²) in [5.74, 6) is 0.698. The lowest BCUT2D eigenvalue weighted by Gasteiger charge is -2.22. The summed E-state index contributed by atoms with van der Waals surface area (Å²) in [5.41, 5.74) is 5.02. The van der Waals surface area contributed by atoms with Gasteiger partial charge in [-0.25, -0.2) is 0 Å². The largest absolute Gasteiger partial charge is 0.400 e. The maximum Gasteiger partial charge on any atom is 0.217 e. The third-order valence-corrected chi connectivity index (χ3v) is 4.38. The number of ether oxygens (including phenoxy) is 1. The lowest BCUT2D eigenvalue weighted by atomic mass is 9.81. The average Bonchev–Trinajstić information content (AvgIpc) is 2.62. The number of hydrogen-bond donors (Lipinski definition) is 2. The highest BCUT2D eigenvalue weighted by atomic mass is 16.5. The highest BCUT2D eigenvalue weighted by Crippen LogP contribution is 2.27. The molecule has 1 amide bonds. The second-order valence-electron chi connectivity index (χ2n) is 6.15. The molecule has 0 saturated heterocycles. The van der Waals surface area contributed by atoms with Crippen molar-refractivity contribution in [3.63, 3.8) is 0 Å². The summed E-state index contributed by atoms with van der Waals surface area (Å²) in [7, 11) is 1.00. The van der Waals surface area contributed by atoms with Crippen molar-refractivity contribution >= 4 is 11.7 Å². The summed E-state index contributed by atoms with van der Waals surface area (Å²) in [6.07, 6.45) is 12.3. The predicted octanol–water partition coefficient (Wildman–Crippen LogP) is 4.00.